The number of hydrogen-bond acceptors (Lipinski definition) is 3. The van der Waals surface area contributed by atoms with Crippen LogP contribution in [0.4, 0.5) is 0 Å². The van der Waals surface area contributed by atoms with E-state index >= 15 is 0 Å². The summed E-state index contributed by atoms with van der Waals surface area (Å²) in [5.74, 6) is 1.00. The van der Waals surface area contributed by atoms with E-state index in [1.807, 2.05) is 24.3 Å². The zero-order valence-corrected chi connectivity index (χ0v) is 8.86. The van der Waals surface area contributed by atoms with E-state index in [0.717, 1.165) is 10.0 Å². The van der Waals surface area contributed by atoms with Crippen molar-refractivity contribution in [1.82, 2.24) is 4.98 Å². The van der Waals surface area contributed by atoms with Crippen LogP contribution in [0.25, 0.3) is 11.5 Å². The highest BCUT2D eigenvalue weighted by Crippen LogP contribution is 2.21. The van der Waals surface area contributed by atoms with Gasteiger partial charge in [-0.05, 0) is 24.3 Å². The lowest BCUT2D eigenvalue weighted by Crippen LogP contribution is -1.76. The largest absolute Gasteiger partial charge is 0.439 e. The average Bonchev–Trinajstić information content (AvgIpc) is 2.67. The molecule has 4 heteroatoms. The van der Waals surface area contributed by atoms with Crippen molar-refractivity contribution in [1.29, 1.82) is 0 Å². The lowest BCUT2D eigenvalue weighted by molar-refractivity contribution is 0.248. The third-order valence-electron chi connectivity index (χ3n) is 1.80. The van der Waals surface area contributed by atoms with Crippen LogP contribution >= 0.6 is 15.9 Å². The fourth-order valence-electron chi connectivity index (χ4n) is 1.11. The topological polar surface area (TPSA) is 46.3 Å². The van der Waals surface area contributed by atoms with Gasteiger partial charge in [0.05, 0.1) is 6.20 Å². The number of aliphatic hydroxyl groups is 1. The van der Waals surface area contributed by atoms with E-state index in [9.17, 15) is 0 Å². The molecule has 0 atom stereocenters. The molecule has 1 N–H and O–H groups in total. The van der Waals surface area contributed by atoms with Gasteiger partial charge in [-0.1, -0.05) is 15.9 Å². The van der Waals surface area contributed by atoms with Crippen LogP contribution in [0.2, 0.25) is 0 Å². The number of rotatable bonds is 2. The maximum atomic E-state index is 8.80. The van der Waals surface area contributed by atoms with E-state index in [-0.39, 0.29) is 6.61 Å². The number of aliphatic hydroxyl groups excluding tert-OH is 1. The van der Waals surface area contributed by atoms with Gasteiger partial charge in [-0.15, -0.1) is 0 Å². The molecule has 0 aliphatic carbocycles. The van der Waals surface area contributed by atoms with Gasteiger partial charge in [0.2, 0.25) is 5.89 Å². The molecule has 1 heterocycles. The smallest absolute Gasteiger partial charge is 0.226 e. The molecule has 0 radical (unpaired) electrons. The van der Waals surface area contributed by atoms with Gasteiger partial charge in [0.15, 0.2) is 0 Å². The van der Waals surface area contributed by atoms with Crippen molar-refractivity contribution in [3.05, 3.63) is 40.7 Å². The maximum absolute atomic E-state index is 8.80. The molecule has 1 aromatic heterocycles. The van der Waals surface area contributed by atoms with Crippen LogP contribution in [0.1, 0.15) is 5.76 Å². The van der Waals surface area contributed by atoms with E-state index in [2.05, 4.69) is 20.9 Å². The molecular weight excluding hydrogens is 246 g/mol. The first-order valence-corrected chi connectivity index (χ1v) is 4.90. The molecule has 0 aliphatic rings. The Morgan fingerprint density at radius 1 is 1.29 bits per heavy atom. The fourth-order valence-corrected chi connectivity index (χ4v) is 1.37. The maximum Gasteiger partial charge on any atom is 0.226 e. The van der Waals surface area contributed by atoms with Gasteiger partial charge in [0.1, 0.15) is 12.4 Å². The molecule has 3 nitrogen and oxygen atoms in total. The lowest BCUT2D eigenvalue weighted by Gasteiger charge is -1.94. The summed E-state index contributed by atoms with van der Waals surface area (Å²) in [7, 11) is 0. The van der Waals surface area contributed by atoms with E-state index < -0.39 is 0 Å². The van der Waals surface area contributed by atoms with Gasteiger partial charge in [0.25, 0.3) is 0 Å². The Labute approximate surface area is 89.5 Å². The van der Waals surface area contributed by atoms with Gasteiger partial charge < -0.3 is 9.52 Å². The van der Waals surface area contributed by atoms with E-state index in [1.165, 1.54) is 6.20 Å². The number of nitrogens with zero attached hydrogens (tertiary/aromatic N) is 1. The molecule has 0 unspecified atom stereocenters. The predicted octanol–water partition coefficient (Wildman–Crippen LogP) is 2.60. The van der Waals surface area contributed by atoms with Crippen molar-refractivity contribution in [3.8, 4) is 11.5 Å². The lowest BCUT2D eigenvalue weighted by atomic mass is 10.2. The third-order valence-corrected chi connectivity index (χ3v) is 2.33. The molecule has 14 heavy (non-hydrogen) atoms. The summed E-state index contributed by atoms with van der Waals surface area (Å²) in [5, 5.41) is 8.80. The normalized spacial score (nSPS) is 10.4. The Balaban J connectivity index is 2.34. The quantitative estimate of drug-likeness (QED) is 0.895. The SMILES string of the molecule is OCc1cnc(-c2ccc(Br)cc2)o1. The third kappa shape index (κ3) is 1.86. The molecule has 2 rings (SSSR count). The van der Waals surface area contributed by atoms with Crippen LogP contribution in [0.5, 0.6) is 0 Å². The van der Waals surface area contributed by atoms with Crippen LogP contribution in [-0.2, 0) is 6.61 Å². The highest BCUT2D eigenvalue weighted by Gasteiger charge is 2.04. The first kappa shape index (κ1) is 9.43. The van der Waals surface area contributed by atoms with Crippen LogP contribution in [0.3, 0.4) is 0 Å². The minimum atomic E-state index is -0.121. The van der Waals surface area contributed by atoms with Crippen molar-refractivity contribution >= 4 is 15.9 Å². The van der Waals surface area contributed by atoms with E-state index in [4.69, 9.17) is 9.52 Å². The minimum Gasteiger partial charge on any atom is -0.439 e. The van der Waals surface area contributed by atoms with Gasteiger partial charge in [0, 0.05) is 10.0 Å². The highest BCUT2D eigenvalue weighted by molar-refractivity contribution is 9.10. The van der Waals surface area contributed by atoms with Gasteiger partial charge >= 0.3 is 0 Å². The summed E-state index contributed by atoms with van der Waals surface area (Å²) in [6, 6.07) is 7.63. The molecule has 0 amide bonds. The number of halogens is 1. The monoisotopic (exact) mass is 253 g/mol. The number of oxazole rings is 1. The van der Waals surface area contributed by atoms with Crippen molar-refractivity contribution in [2.75, 3.05) is 0 Å². The molecule has 0 saturated carbocycles. The summed E-state index contributed by atoms with van der Waals surface area (Å²) >= 11 is 3.35. The Morgan fingerprint density at radius 3 is 2.57 bits per heavy atom. The second-order valence-corrected chi connectivity index (χ2v) is 3.71. The molecule has 0 aliphatic heterocycles. The van der Waals surface area contributed by atoms with Crippen LogP contribution < -0.4 is 0 Å². The summed E-state index contributed by atoms with van der Waals surface area (Å²) in [6.07, 6.45) is 1.53. The van der Waals surface area contributed by atoms with Crippen LogP contribution in [-0.4, -0.2) is 10.1 Å². The van der Waals surface area contributed by atoms with Gasteiger partial charge in [-0.3, -0.25) is 0 Å². The molecule has 1 aromatic carbocycles. The van der Waals surface area contributed by atoms with Gasteiger partial charge in [-0.2, -0.15) is 0 Å². The first-order chi connectivity index (χ1) is 6.79. The number of benzene rings is 1. The average molecular weight is 254 g/mol. The molecule has 0 spiro atoms. The Bertz CT molecular complexity index is 422. The van der Waals surface area contributed by atoms with Crippen molar-refractivity contribution < 1.29 is 9.52 Å². The highest BCUT2D eigenvalue weighted by atomic mass is 79.9. The molecule has 0 saturated heterocycles. The van der Waals surface area contributed by atoms with E-state index in [0.29, 0.717) is 11.7 Å². The zero-order valence-electron chi connectivity index (χ0n) is 7.27. The second-order valence-electron chi connectivity index (χ2n) is 2.80. The van der Waals surface area contributed by atoms with E-state index in [1.54, 1.807) is 0 Å². The summed E-state index contributed by atoms with van der Waals surface area (Å²) < 4.78 is 6.29. The standard InChI is InChI=1S/C10H8BrNO2/c11-8-3-1-7(2-4-8)10-12-5-9(6-13)14-10/h1-5,13H,6H2. The zero-order chi connectivity index (χ0) is 9.97. The second kappa shape index (κ2) is 3.94. The Morgan fingerprint density at radius 2 is 2.00 bits per heavy atom. The molecule has 0 fully saturated rings. The van der Waals surface area contributed by atoms with Crippen molar-refractivity contribution in [3.63, 3.8) is 0 Å². The molecule has 2 aromatic rings. The number of hydrogen-bond donors (Lipinski definition) is 1. The van der Waals surface area contributed by atoms with Crippen molar-refractivity contribution in [2.24, 2.45) is 0 Å². The summed E-state index contributed by atoms with van der Waals surface area (Å²) in [4.78, 5) is 4.04. The van der Waals surface area contributed by atoms with Gasteiger partial charge in [-0.25, -0.2) is 4.98 Å². The number of aromatic nitrogens is 1. The Kier molecular flexibility index (Phi) is 2.65. The van der Waals surface area contributed by atoms with Crippen LogP contribution in [0.15, 0.2) is 39.4 Å². The molecular formula is C10H8BrNO2. The van der Waals surface area contributed by atoms with Crippen LogP contribution in [0, 0.1) is 0 Å². The van der Waals surface area contributed by atoms with Crippen molar-refractivity contribution in [2.45, 2.75) is 6.61 Å². The first-order valence-electron chi connectivity index (χ1n) is 4.11. The minimum absolute atomic E-state index is 0.121. The fraction of sp³-hybridized carbons (Fsp3) is 0.100. The Hall–Kier alpha value is -1.13. The molecule has 72 valence electrons. The molecule has 0 bridgehead atoms. The summed E-state index contributed by atoms with van der Waals surface area (Å²) in [6.45, 7) is -0.121. The predicted molar refractivity (Wildman–Crippen MR) is 55.6 cm³/mol. The summed E-state index contributed by atoms with van der Waals surface area (Å²) in [5.41, 5.74) is 0.896.